The molecule has 0 unspecified atom stereocenters. The summed E-state index contributed by atoms with van der Waals surface area (Å²) in [5.41, 5.74) is 0. The average Bonchev–Trinajstić information content (AvgIpc) is 2.88. The summed E-state index contributed by atoms with van der Waals surface area (Å²) < 4.78 is 5.33. The van der Waals surface area contributed by atoms with Gasteiger partial charge in [0.15, 0.2) is 0 Å². The molecular weight excluding hydrogens is 266 g/mol. The van der Waals surface area contributed by atoms with Crippen LogP contribution in [0, 0.1) is 0 Å². The van der Waals surface area contributed by atoms with Gasteiger partial charge in [-0.2, -0.15) is 0 Å². The van der Waals surface area contributed by atoms with Gasteiger partial charge in [-0.15, -0.1) is 23.1 Å². The second kappa shape index (κ2) is 6.59. The first-order valence-electron chi connectivity index (χ1n) is 6.24. The zero-order valence-electron chi connectivity index (χ0n) is 10.8. The standard InChI is InChI=1S/C13H19NO2S2/c1-3-16-8-5-7-14-11(10-6-4-9-18-10)12(17-2)13(14)15/h4,6,9,11-12H,3,5,7-8H2,1-2H3/t11-,12-/m0/s1. The van der Waals surface area contributed by atoms with Crippen molar-refractivity contribution in [2.24, 2.45) is 0 Å². The smallest absolute Gasteiger partial charge is 0.238 e. The van der Waals surface area contributed by atoms with Crippen LogP contribution < -0.4 is 0 Å². The number of likely N-dealkylation sites (tertiary alicyclic amines) is 1. The van der Waals surface area contributed by atoms with E-state index in [1.807, 2.05) is 18.1 Å². The summed E-state index contributed by atoms with van der Waals surface area (Å²) in [5, 5.41) is 2.18. The molecule has 0 spiro atoms. The third kappa shape index (κ3) is 2.73. The first-order valence-corrected chi connectivity index (χ1v) is 8.40. The van der Waals surface area contributed by atoms with Gasteiger partial charge in [0.05, 0.1) is 6.04 Å². The third-order valence-electron chi connectivity index (χ3n) is 3.13. The third-order valence-corrected chi connectivity index (χ3v) is 5.04. The molecule has 1 aliphatic heterocycles. The van der Waals surface area contributed by atoms with Gasteiger partial charge in [-0.25, -0.2) is 0 Å². The molecule has 1 aromatic rings. The highest BCUT2D eigenvalue weighted by Gasteiger charge is 2.47. The normalized spacial score (nSPS) is 23.2. The van der Waals surface area contributed by atoms with Crippen LogP contribution in [0.5, 0.6) is 0 Å². The fraction of sp³-hybridized carbons (Fsp3) is 0.615. The second-order valence-corrected chi connectivity index (χ2v) is 6.16. The van der Waals surface area contributed by atoms with Crippen molar-refractivity contribution < 1.29 is 9.53 Å². The minimum absolute atomic E-state index is 0.107. The lowest BCUT2D eigenvalue weighted by Gasteiger charge is -2.46. The highest BCUT2D eigenvalue weighted by atomic mass is 32.2. The SMILES string of the molecule is CCOCCCN1C(=O)[C@@H](SC)[C@@H]1c1cccs1. The maximum atomic E-state index is 12.0. The summed E-state index contributed by atoms with van der Waals surface area (Å²) in [4.78, 5) is 15.3. The number of rotatable bonds is 7. The van der Waals surface area contributed by atoms with E-state index in [1.165, 1.54) is 4.88 Å². The molecule has 0 radical (unpaired) electrons. The van der Waals surface area contributed by atoms with Crippen molar-refractivity contribution in [2.75, 3.05) is 26.0 Å². The zero-order chi connectivity index (χ0) is 13.0. The summed E-state index contributed by atoms with van der Waals surface area (Å²) >= 11 is 3.39. The minimum atomic E-state index is 0.107. The molecule has 2 atom stereocenters. The van der Waals surface area contributed by atoms with Gasteiger partial charge in [-0.1, -0.05) is 6.07 Å². The van der Waals surface area contributed by atoms with Crippen LogP contribution in [0.1, 0.15) is 24.3 Å². The van der Waals surface area contributed by atoms with E-state index in [2.05, 4.69) is 17.5 Å². The van der Waals surface area contributed by atoms with Crippen molar-refractivity contribution in [3.63, 3.8) is 0 Å². The fourth-order valence-electron chi connectivity index (χ4n) is 2.24. The molecule has 1 amide bonds. The molecule has 0 aliphatic carbocycles. The largest absolute Gasteiger partial charge is 0.382 e. The lowest BCUT2D eigenvalue weighted by atomic mass is 9.99. The van der Waals surface area contributed by atoms with Crippen LogP contribution >= 0.6 is 23.1 Å². The topological polar surface area (TPSA) is 29.5 Å². The summed E-state index contributed by atoms with van der Waals surface area (Å²) in [6.07, 6.45) is 2.93. The predicted molar refractivity (Wildman–Crippen MR) is 77.2 cm³/mol. The van der Waals surface area contributed by atoms with Gasteiger partial charge < -0.3 is 9.64 Å². The van der Waals surface area contributed by atoms with Gasteiger partial charge in [-0.05, 0) is 31.0 Å². The number of β-lactam (4-membered cyclic amide) rings is 1. The lowest BCUT2D eigenvalue weighted by molar-refractivity contribution is -0.145. The van der Waals surface area contributed by atoms with E-state index in [-0.39, 0.29) is 17.2 Å². The number of amides is 1. The van der Waals surface area contributed by atoms with Crippen LogP contribution in [0.2, 0.25) is 0 Å². The molecule has 1 aliphatic rings. The molecule has 18 heavy (non-hydrogen) atoms. The number of thioether (sulfide) groups is 1. The van der Waals surface area contributed by atoms with Gasteiger partial charge in [0.25, 0.3) is 0 Å². The summed E-state index contributed by atoms with van der Waals surface area (Å²) in [5.74, 6) is 0.275. The average molecular weight is 285 g/mol. The van der Waals surface area contributed by atoms with E-state index in [0.717, 1.165) is 26.2 Å². The van der Waals surface area contributed by atoms with E-state index < -0.39 is 0 Å². The molecule has 5 heteroatoms. The molecule has 1 saturated heterocycles. The van der Waals surface area contributed by atoms with Crippen molar-refractivity contribution in [1.29, 1.82) is 0 Å². The number of thiophene rings is 1. The molecule has 0 aromatic carbocycles. The predicted octanol–water partition coefficient (Wildman–Crippen LogP) is 2.79. The Labute approximate surface area is 117 Å². The quantitative estimate of drug-likeness (QED) is 0.570. The van der Waals surface area contributed by atoms with Gasteiger partial charge in [0.1, 0.15) is 5.25 Å². The van der Waals surface area contributed by atoms with Crippen molar-refractivity contribution in [3.8, 4) is 0 Å². The number of carbonyl (C=O) groups is 1. The second-order valence-electron chi connectivity index (χ2n) is 4.20. The summed E-state index contributed by atoms with van der Waals surface area (Å²) in [6.45, 7) is 4.28. The highest BCUT2D eigenvalue weighted by Crippen LogP contribution is 2.42. The van der Waals surface area contributed by atoms with Crippen LogP contribution in [0.25, 0.3) is 0 Å². The molecule has 0 saturated carbocycles. The molecule has 0 N–H and O–H groups in total. The van der Waals surface area contributed by atoms with Gasteiger partial charge in [-0.3, -0.25) is 4.79 Å². The van der Waals surface area contributed by atoms with Crippen molar-refractivity contribution >= 4 is 29.0 Å². The van der Waals surface area contributed by atoms with E-state index in [1.54, 1.807) is 23.1 Å². The fourth-order valence-corrected chi connectivity index (χ4v) is 4.09. The van der Waals surface area contributed by atoms with E-state index in [9.17, 15) is 4.79 Å². The van der Waals surface area contributed by atoms with Crippen LogP contribution in [-0.4, -0.2) is 42.1 Å². The summed E-state index contributed by atoms with van der Waals surface area (Å²) in [7, 11) is 0. The molecule has 2 rings (SSSR count). The molecule has 3 nitrogen and oxygen atoms in total. The lowest BCUT2D eigenvalue weighted by Crippen LogP contribution is -2.57. The first-order chi connectivity index (χ1) is 8.79. The Bertz CT molecular complexity index is 380. The number of hydrogen-bond donors (Lipinski definition) is 0. The Morgan fingerprint density at radius 3 is 3.00 bits per heavy atom. The molecule has 1 aromatic heterocycles. The number of carbonyl (C=O) groups excluding carboxylic acids is 1. The first kappa shape index (κ1) is 13.9. The van der Waals surface area contributed by atoms with Gasteiger partial charge in [0.2, 0.25) is 5.91 Å². The van der Waals surface area contributed by atoms with Gasteiger partial charge in [0, 0.05) is 24.6 Å². The molecule has 2 heterocycles. The molecule has 100 valence electrons. The van der Waals surface area contributed by atoms with E-state index in [0.29, 0.717) is 0 Å². The molecule has 1 fully saturated rings. The van der Waals surface area contributed by atoms with Crippen LogP contribution in [0.3, 0.4) is 0 Å². The van der Waals surface area contributed by atoms with Crippen molar-refractivity contribution in [3.05, 3.63) is 22.4 Å². The maximum absolute atomic E-state index is 12.0. The van der Waals surface area contributed by atoms with E-state index >= 15 is 0 Å². The Kier molecular flexibility index (Phi) is 5.09. The van der Waals surface area contributed by atoms with Crippen LogP contribution in [0.15, 0.2) is 17.5 Å². The highest BCUT2D eigenvalue weighted by molar-refractivity contribution is 8.00. The Morgan fingerprint density at radius 2 is 2.39 bits per heavy atom. The Balaban J connectivity index is 1.94. The zero-order valence-corrected chi connectivity index (χ0v) is 12.4. The number of ether oxygens (including phenoxy) is 1. The van der Waals surface area contributed by atoms with Gasteiger partial charge >= 0.3 is 0 Å². The van der Waals surface area contributed by atoms with Crippen molar-refractivity contribution in [2.45, 2.75) is 24.6 Å². The molecule has 0 bridgehead atoms. The Hall–Kier alpha value is -0.520. The molecular formula is C13H19NO2S2. The van der Waals surface area contributed by atoms with Crippen LogP contribution in [-0.2, 0) is 9.53 Å². The van der Waals surface area contributed by atoms with Crippen LogP contribution in [0.4, 0.5) is 0 Å². The number of hydrogen-bond acceptors (Lipinski definition) is 4. The van der Waals surface area contributed by atoms with E-state index in [4.69, 9.17) is 4.74 Å². The monoisotopic (exact) mass is 285 g/mol. The minimum Gasteiger partial charge on any atom is -0.382 e. The number of nitrogens with zero attached hydrogens (tertiary/aromatic N) is 1. The Morgan fingerprint density at radius 1 is 1.56 bits per heavy atom. The summed E-state index contributed by atoms with van der Waals surface area (Å²) in [6, 6.07) is 4.45. The maximum Gasteiger partial charge on any atom is 0.238 e. The van der Waals surface area contributed by atoms with Crippen molar-refractivity contribution in [1.82, 2.24) is 4.90 Å².